The van der Waals surface area contributed by atoms with Crippen molar-refractivity contribution in [1.29, 1.82) is 0 Å². The fourth-order valence-electron chi connectivity index (χ4n) is 2.16. The van der Waals surface area contributed by atoms with Crippen LogP contribution in [0.5, 0.6) is 5.75 Å². The largest absolute Gasteiger partial charge is 0.491 e. The fraction of sp³-hybridized carbons (Fsp3) is 0.278. The third kappa shape index (κ3) is 5.20. The maximum atomic E-state index is 12.5. The molecule has 0 saturated heterocycles. The number of sulfonamides is 1. The second-order valence-corrected chi connectivity index (χ2v) is 7.94. The summed E-state index contributed by atoms with van der Waals surface area (Å²) in [7, 11) is -2.62. The molecule has 0 radical (unpaired) electrons. The summed E-state index contributed by atoms with van der Waals surface area (Å²) in [5.41, 5.74) is 0.763. The van der Waals surface area contributed by atoms with E-state index in [1.807, 2.05) is 13.8 Å². The van der Waals surface area contributed by atoms with Crippen LogP contribution in [0.4, 0.5) is 0 Å². The summed E-state index contributed by atoms with van der Waals surface area (Å²) in [5.74, 6) is 0.0137. The molecule has 1 N–H and O–H groups in total. The Hall–Kier alpha value is -2.09. The Morgan fingerprint density at radius 1 is 1.15 bits per heavy atom. The smallest absolute Gasteiger partial charge is 0.339 e. The van der Waals surface area contributed by atoms with Gasteiger partial charge >= 0.3 is 5.97 Å². The second kappa shape index (κ2) is 8.53. The van der Waals surface area contributed by atoms with Crippen LogP contribution in [-0.2, 0) is 21.3 Å². The molecule has 0 amide bonds. The Labute approximate surface area is 158 Å². The first-order valence-corrected chi connectivity index (χ1v) is 9.72. The molecular weight excluding hydrogens is 378 g/mol. The molecule has 2 rings (SSSR count). The van der Waals surface area contributed by atoms with Crippen molar-refractivity contribution in [2.45, 2.75) is 31.4 Å². The van der Waals surface area contributed by atoms with Crippen LogP contribution in [-0.4, -0.2) is 27.6 Å². The number of rotatable bonds is 7. The number of nitrogens with one attached hydrogen (secondary N) is 1. The first-order chi connectivity index (χ1) is 12.2. The normalized spacial score (nSPS) is 11.4. The van der Waals surface area contributed by atoms with E-state index in [1.54, 1.807) is 24.3 Å². The molecular formula is C18H20ClNO5S. The fourth-order valence-corrected chi connectivity index (χ4v) is 3.40. The zero-order valence-electron chi connectivity index (χ0n) is 14.7. The van der Waals surface area contributed by atoms with E-state index in [9.17, 15) is 13.2 Å². The molecule has 0 aliphatic heterocycles. The van der Waals surface area contributed by atoms with Crippen LogP contribution in [0.2, 0.25) is 5.02 Å². The third-order valence-electron chi connectivity index (χ3n) is 3.41. The minimum absolute atomic E-state index is 0.00720. The predicted octanol–water partition coefficient (Wildman–Crippen LogP) is 3.39. The number of ether oxygens (including phenoxy) is 2. The first kappa shape index (κ1) is 20.2. The Kier molecular flexibility index (Phi) is 6.63. The van der Waals surface area contributed by atoms with E-state index in [-0.39, 0.29) is 28.1 Å². The molecule has 26 heavy (non-hydrogen) atoms. The van der Waals surface area contributed by atoms with Gasteiger partial charge in [0, 0.05) is 6.54 Å². The van der Waals surface area contributed by atoms with Crippen molar-refractivity contribution in [3.05, 3.63) is 58.6 Å². The lowest BCUT2D eigenvalue weighted by Gasteiger charge is -2.11. The number of carbonyl (C=O) groups is 1. The summed E-state index contributed by atoms with van der Waals surface area (Å²) in [4.78, 5) is 11.6. The van der Waals surface area contributed by atoms with Crippen molar-refractivity contribution in [2.75, 3.05) is 7.11 Å². The summed E-state index contributed by atoms with van der Waals surface area (Å²) >= 11 is 5.92. The van der Waals surface area contributed by atoms with Crippen molar-refractivity contribution in [3.8, 4) is 5.75 Å². The monoisotopic (exact) mass is 397 g/mol. The van der Waals surface area contributed by atoms with E-state index in [2.05, 4.69) is 9.46 Å². The Balaban J connectivity index is 2.12. The van der Waals surface area contributed by atoms with E-state index in [0.717, 1.165) is 5.56 Å². The van der Waals surface area contributed by atoms with E-state index in [1.165, 1.54) is 25.3 Å². The van der Waals surface area contributed by atoms with Crippen LogP contribution >= 0.6 is 11.6 Å². The highest BCUT2D eigenvalue weighted by molar-refractivity contribution is 7.89. The van der Waals surface area contributed by atoms with Crippen LogP contribution in [0.25, 0.3) is 0 Å². The zero-order chi connectivity index (χ0) is 19.3. The van der Waals surface area contributed by atoms with Crippen molar-refractivity contribution in [1.82, 2.24) is 4.72 Å². The lowest BCUT2D eigenvalue weighted by atomic mass is 10.2. The van der Waals surface area contributed by atoms with Gasteiger partial charge in [0.25, 0.3) is 0 Å². The molecule has 0 aliphatic rings. The number of carbonyl (C=O) groups excluding carboxylic acids is 1. The molecule has 6 nitrogen and oxygen atoms in total. The molecule has 0 bridgehead atoms. The average molecular weight is 398 g/mol. The van der Waals surface area contributed by atoms with Gasteiger partial charge < -0.3 is 9.47 Å². The molecule has 0 saturated carbocycles. The van der Waals surface area contributed by atoms with Crippen molar-refractivity contribution in [2.24, 2.45) is 0 Å². The zero-order valence-corrected chi connectivity index (χ0v) is 16.2. The van der Waals surface area contributed by atoms with Crippen LogP contribution in [0, 0.1) is 0 Å². The lowest BCUT2D eigenvalue weighted by Crippen LogP contribution is -2.23. The maximum Gasteiger partial charge on any atom is 0.339 e. The molecule has 0 atom stereocenters. The molecule has 0 spiro atoms. The molecule has 0 fully saturated rings. The molecule has 0 aliphatic carbocycles. The second-order valence-electron chi connectivity index (χ2n) is 5.77. The van der Waals surface area contributed by atoms with Crippen molar-refractivity contribution < 1.29 is 22.7 Å². The summed E-state index contributed by atoms with van der Waals surface area (Å²) in [6, 6.07) is 11.0. The van der Waals surface area contributed by atoms with Gasteiger partial charge in [0.05, 0.1) is 28.7 Å². The van der Waals surface area contributed by atoms with Crippen LogP contribution in [0.1, 0.15) is 29.8 Å². The molecule has 2 aromatic rings. The minimum atomic E-state index is -3.82. The Morgan fingerprint density at radius 2 is 1.81 bits per heavy atom. The van der Waals surface area contributed by atoms with Gasteiger partial charge in [0.1, 0.15) is 5.75 Å². The average Bonchev–Trinajstić information content (AvgIpc) is 2.60. The topological polar surface area (TPSA) is 81.7 Å². The lowest BCUT2D eigenvalue weighted by molar-refractivity contribution is 0.0600. The summed E-state index contributed by atoms with van der Waals surface area (Å²) in [5, 5.41) is 0.122. The number of hydrogen-bond donors (Lipinski definition) is 1. The summed E-state index contributed by atoms with van der Waals surface area (Å²) in [6.07, 6.45) is 0.0632. The van der Waals surface area contributed by atoms with Gasteiger partial charge in [-0.2, -0.15) is 0 Å². The van der Waals surface area contributed by atoms with Gasteiger partial charge in [-0.3, -0.25) is 0 Å². The number of hydrogen-bond acceptors (Lipinski definition) is 5. The van der Waals surface area contributed by atoms with Crippen LogP contribution in [0.15, 0.2) is 47.4 Å². The number of esters is 1. The van der Waals surface area contributed by atoms with Gasteiger partial charge in [0.2, 0.25) is 10.0 Å². The van der Waals surface area contributed by atoms with Gasteiger partial charge in [-0.25, -0.2) is 17.9 Å². The number of halogens is 1. The van der Waals surface area contributed by atoms with Crippen molar-refractivity contribution in [3.63, 3.8) is 0 Å². The van der Waals surface area contributed by atoms with E-state index >= 15 is 0 Å². The molecule has 0 aromatic heterocycles. The summed E-state index contributed by atoms with van der Waals surface area (Å²) in [6.45, 7) is 3.95. The molecule has 2 aromatic carbocycles. The molecule has 140 valence electrons. The Morgan fingerprint density at radius 3 is 2.38 bits per heavy atom. The minimum Gasteiger partial charge on any atom is -0.491 e. The van der Waals surface area contributed by atoms with Crippen LogP contribution in [0.3, 0.4) is 0 Å². The SMILES string of the molecule is COC(=O)c1cc(S(=O)(=O)NCc2ccc(OC(C)C)cc2)ccc1Cl. The van der Waals surface area contributed by atoms with Gasteiger partial charge in [-0.15, -0.1) is 0 Å². The highest BCUT2D eigenvalue weighted by atomic mass is 35.5. The van der Waals surface area contributed by atoms with Crippen molar-refractivity contribution >= 4 is 27.6 Å². The van der Waals surface area contributed by atoms with Gasteiger partial charge in [-0.1, -0.05) is 23.7 Å². The highest BCUT2D eigenvalue weighted by Crippen LogP contribution is 2.21. The predicted molar refractivity (Wildman–Crippen MR) is 99.0 cm³/mol. The van der Waals surface area contributed by atoms with E-state index < -0.39 is 16.0 Å². The standard InChI is InChI=1S/C18H20ClNO5S/c1-12(2)25-14-6-4-13(5-7-14)11-20-26(22,23)15-8-9-17(19)16(10-15)18(21)24-3/h4-10,12,20H,11H2,1-3H3. The third-order valence-corrected chi connectivity index (χ3v) is 5.14. The number of benzene rings is 2. The van der Waals surface area contributed by atoms with Crippen LogP contribution < -0.4 is 9.46 Å². The highest BCUT2D eigenvalue weighted by Gasteiger charge is 2.19. The molecule has 0 heterocycles. The summed E-state index contributed by atoms with van der Waals surface area (Å²) < 4.78 is 37.6. The van der Waals surface area contributed by atoms with Gasteiger partial charge in [0.15, 0.2) is 0 Å². The number of methoxy groups -OCH3 is 1. The van der Waals surface area contributed by atoms with Gasteiger partial charge in [-0.05, 0) is 49.7 Å². The quantitative estimate of drug-likeness (QED) is 0.724. The van der Waals surface area contributed by atoms with E-state index in [4.69, 9.17) is 16.3 Å². The molecule has 8 heteroatoms. The maximum absolute atomic E-state index is 12.5. The van der Waals surface area contributed by atoms with E-state index in [0.29, 0.717) is 5.75 Å². The first-order valence-electron chi connectivity index (χ1n) is 7.86. The Bertz CT molecular complexity index is 879. The molecule has 0 unspecified atom stereocenters.